The van der Waals surface area contributed by atoms with E-state index in [0.717, 1.165) is 63.1 Å². The van der Waals surface area contributed by atoms with Crippen LogP contribution < -0.4 is 16.4 Å². The molecule has 0 aliphatic carbocycles. The van der Waals surface area contributed by atoms with Crippen molar-refractivity contribution >= 4 is 45.8 Å². The van der Waals surface area contributed by atoms with Crippen LogP contribution >= 0.6 is 0 Å². The Hall–Kier alpha value is -8.76. The van der Waals surface area contributed by atoms with Gasteiger partial charge >= 0.3 is 5.97 Å². The Bertz CT molecular complexity index is 2940. The standard InChI is InChI=1S/C29H26N4O.C29H25N3O2/c30-28(34)24-16-17-25-26(20-24)33(19-18-21-10-4-1-5-11-21)29(31-25)32-27(22-12-6-2-7-13-22)23-14-8-3-9-15-23;33-28(34)24-16-17-25-26(20-24)32(19-18-21-10-4-1-5-11-21)29(30-25)31-27(22-12-6-2-7-13-22)23-14-8-3-9-15-23/h1-17,20,27H,18-19H2,(H2,30,34)(H,31,32);1-17,20,27H,18-19H2,(H,30,31)(H,33,34). The van der Waals surface area contributed by atoms with Gasteiger partial charge in [0.15, 0.2) is 0 Å². The topological polar surface area (TPSA) is 140 Å². The second-order valence-corrected chi connectivity index (χ2v) is 16.5. The molecular formula is C58H51N7O3. The quantitative estimate of drug-likeness (QED) is 0.0757. The maximum atomic E-state index is 11.9. The predicted molar refractivity (Wildman–Crippen MR) is 272 cm³/mol. The molecule has 2 aromatic heterocycles. The van der Waals surface area contributed by atoms with Gasteiger partial charge in [0.05, 0.1) is 39.7 Å². The molecule has 0 unspecified atom stereocenters. The maximum Gasteiger partial charge on any atom is 0.335 e. The number of carboxylic acid groups (broad SMARTS) is 1. The molecule has 68 heavy (non-hydrogen) atoms. The van der Waals surface area contributed by atoms with Crippen molar-refractivity contribution in [2.24, 2.45) is 5.73 Å². The zero-order chi connectivity index (χ0) is 46.7. The number of primary amides is 1. The van der Waals surface area contributed by atoms with Gasteiger partial charge in [-0.15, -0.1) is 0 Å². The van der Waals surface area contributed by atoms with E-state index in [1.54, 1.807) is 24.3 Å². The van der Waals surface area contributed by atoms with Crippen molar-refractivity contribution in [3.8, 4) is 0 Å². The van der Waals surface area contributed by atoms with E-state index in [1.807, 2.05) is 121 Å². The van der Waals surface area contributed by atoms with Crippen LogP contribution in [0.4, 0.5) is 11.9 Å². The Kier molecular flexibility index (Phi) is 13.7. The summed E-state index contributed by atoms with van der Waals surface area (Å²) in [6, 6.07) is 72.2. The number of aromatic nitrogens is 4. The number of aromatic carboxylic acids is 1. The number of anilines is 2. The Morgan fingerprint density at radius 2 is 0.779 bits per heavy atom. The molecule has 0 saturated heterocycles. The number of nitrogens with zero attached hydrogens (tertiary/aromatic N) is 4. The number of carbonyl (C=O) groups excluding carboxylic acids is 1. The van der Waals surface area contributed by atoms with Crippen molar-refractivity contribution in [2.45, 2.75) is 38.0 Å². The number of hydrogen-bond donors (Lipinski definition) is 4. The van der Waals surface area contributed by atoms with Crippen molar-refractivity contribution in [2.75, 3.05) is 10.6 Å². The average Bonchev–Trinajstić information content (AvgIpc) is 3.93. The summed E-state index contributed by atoms with van der Waals surface area (Å²) >= 11 is 0. The number of rotatable bonds is 16. The molecule has 2 heterocycles. The summed E-state index contributed by atoms with van der Waals surface area (Å²) in [6.45, 7) is 1.38. The van der Waals surface area contributed by atoms with Crippen LogP contribution in [0, 0.1) is 0 Å². The van der Waals surface area contributed by atoms with Gasteiger partial charge in [0.2, 0.25) is 17.8 Å². The highest BCUT2D eigenvalue weighted by molar-refractivity contribution is 5.97. The highest BCUT2D eigenvalue weighted by Gasteiger charge is 2.21. The number of carbonyl (C=O) groups is 2. The number of hydrogen-bond acceptors (Lipinski definition) is 6. The summed E-state index contributed by atoms with van der Waals surface area (Å²) in [5.41, 5.74) is 16.6. The number of carboxylic acids is 1. The van der Waals surface area contributed by atoms with Crippen molar-refractivity contribution in [3.63, 3.8) is 0 Å². The summed E-state index contributed by atoms with van der Waals surface area (Å²) in [5.74, 6) is 0.0776. The second kappa shape index (κ2) is 21.0. The van der Waals surface area contributed by atoms with E-state index in [4.69, 9.17) is 15.7 Å². The van der Waals surface area contributed by atoms with Crippen molar-refractivity contribution in [1.29, 1.82) is 0 Å². The largest absolute Gasteiger partial charge is 0.478 e. The Morgan fingerprint density at radius 3 is 1.12 bits per heavy atom. The predicted octanol–water partition coefficient (Wildman–Crippen LogP) is 11.8. The maximum absolute atomic E-state index is 11.9. The summed E-state index contributed by atoms with van der Waals surface area (Å²) in [7, 11) is 0. The number of imidazole rings is 2. The first-order chi connectivity index (χ1) is 33.4. The summed E-state index contributed by atoms with van der Waals surface area (Å²) in [6.07, 6.45) is 1.64. The minimum atomic E-state index is -0.946. The third-order valence-corrected chi connectivity index (χ3v) is 12.0. The zero-order valence-electron chi connectivity index (χ0n) is 37.4. The van der Waals surface area contributed by atoms with Gasteiger partial charge in [0.25, 0.3) is 0 Å². The van der Waals surface area contributed by atoms with Gasteiger partial charge in [-0.3, -0.25) is 4.79 Å². The van der Waals surface area contributed by atoms with E-state index in [9.17, 15) is 14.7 Å². The third kappa shape index (κ3) is 10.5. The molecule has 0 spiro atoms. The van der Waals surface area contributed by atoms with Crippen LogP contribution in [0.1, 0.15) is 66.2 Å². The first kappa shape index (κ1) is 44.4. The van der Waals surface area contributed by atoms with Crippen molar-refractivity contribution < 1.29 is 14.7 Å². The molecule has 10 nitrogen and oxygen atoms in total. The molecular weight excluding hydrogens is 843 g/mol. The molecule has 0 aliphatic heterocycles. The number of nitrogens with two attached hydrogens (primary N) is 1. The highest BCUT2D eigenvalue weighted by atomic mass is 16.4. The van der Waals surface area contributed by atoms with Crippen LogP contribution in [-0.4, -0.2) is 36.1 Å². The van der Waals surface area contributed by atoms with Crippen LogP contribution in [0.15, 0.2) is 218 Å². The number of amides is 1. The number of fused-ring (bicyclic) bond motifs is 2. The molecule has 0 bridgehead atoms. The summed E-state index contributed by atoms with van der Waals surface area (Å²) in [5, 5.41) is 16.9. The molecule has 0 fully saturated rings. The van der Waals surface area contributed by atoms with E-state index in [1.165, 1.54) is 11.1 Å². The average molecular weight is 894 g/mol. The van der Waals surface area contributed by atoms with Gasteiger partial charge in [-0.05, 0) is 82.6 Å². The molecule has 336 valence electrons. The van der Waals surface area contributed by atoms with Crippen LogP contribution in [0.3, 0.4) is 0 Å². The molecule has 0 atom stereocenters. The molecule has 0 aliphatic rings. The molecule has 0 radical (unpaired) electrons. The number of nitrogens with one attached hydrogen (secondary N) is 2. The number of benzene rings is 8. The van der Waals surface area contributed by atoms with Gasteiger partial charge in [-0.1, -0.05) is 182 Å². The lowest BCUT2D eigenvalue weighted by molar-refractivity contribution is 0.0696. The molecule has 10 heteroatoms. The van der Waals surface area contributed by atoms with Crippen LogP contribution in [-0.2, 0) is 25.9 Å². The van der Waals surface area contributed by atoms with Gasteiger partial charge < -0.3 is 30.6 Å². The molecule has 10 aromatic rings. The minimum absolute atomic E-state index is 0.0784. The fourth-order valence-electron chi connectivity index (χ4n) is 8.53. The molecule has 1 amide bonds. The van der Waals surface area contributed by atoms with Crippen LogP contribution in [0.25, 0.3) is 22.1 Å². The van der Waals surface area contributed by atoms with E-state index < -0.39 is 11.9 Å². The van der Waals surface area contributed by atoms with E-state index in [-0.39, 0.29) is 17.6 Å². The fourth-order valence-corrected chi connectivity index (χ4v) is 8.53. The molecule has 5 N–H and O–H groups in total. The van der Waals surface area contributed by atoms with E-state index >= 15 is 0 Å². The van der Waals surface area contributed by atoms with Gasteiger partial charge in [0.1, 0.15) is 0 Å². The summed E-state index contributed by atoms with van der Waals surface area (Å²) < 4.78 is 4.24. The fraction of sp³-hybridized carbons (Fsp3) is 0.103. The lowest BCUT2D eigenvalue weighted by atomic mass is 9.99. The molecule has 0 saturated carbocycles. The first-order valence-corrected chi connectivity index (χ1v) is 22.7. The smallest absolute Gasteiger partial charge is 0.335 e. The Morgan fingerprint density at radius 1 is 0.456 bits per heavy atom. The normalized spacial score (nSPS) is 11.1. The lowest BCUT2D eigenvalue weighted by Gasteiger charge is -2.21. The number of aryl methyl sites for hydroxylation is 4. The SMILES string of the molecule is NC(=O)c1ccc2nc(NC(c3ccccc3)c3ccccc3)n(CCc3ccccc3)c2c1.O=C(O)c1ccc2nc(NC(c3ccccc3)c3ccccc3)n(CCc3ccccc3)c2c1. The van der Waals surface area contributed by atoms with E-state index in [2.05, 4.69) is 92.6 Å². The second-order valence-electron chi connectivity index (χ2n) is 16.5. The van der Waals surface area contributed by atoms with Crippen molar-refractivity contribution in [3.05, 3.63) is 263 Å². The lowest BCUT2D eigenvalue weighted by Crippen LogP contribution is -2.16. The van der Waals surface area contributed by atoms with Crippen LogP contribution in [0.5, 0.6) is 0 Å². The molecule has 10 rings (SSSR count). The minimum Gasteiger partial charge on any atom is -0.478 e. The van der Waals surface area contributed by atoms with Gasteiger partial charge in [-0.25, -0.2) is 14.8 Å². The van der Waals surface area contributed by atoms with Gasteiger partial charge in [-0.2, -0.15) is 0 Å². The molecule has 8 aromatic carbocycles. The first-order valence-electron chi connectivity index (χ1n) is 22.7. The monoisotopic (exact) mass is 893 g/mol. The van der Waals surface area contributed by atoms with Gasteiger partial charge in [0, 0.05) is 18.7 Å². The highest BCUT2D eigenvalue weighted by Crippen LogP contribution is 2.31. The van der Waals surface area contributed by atoms with Crippen LogP contribution in [0.2, 0.25) is 0 Å². The summed E-state index contributed by atoms with van der Waals surface area (Å²) in [4.78, 5) is 33.3. The third-order valence-electron chi connectivity index (χ3n) is 12.0. The Balaban J connectivity index is 0.000000170. The zero-order valence-corrected chi connectivity index (χ0v) is 37.4. The van der Waals surface area contributed by atoms with E-state index in [0.29, 0.717) is 24.6 Å². The van der Waals surface area contributed by atoms with Crippen molar-refractivity contribution in [1.82, 2.24) is 19.1 Å². The Labute approximate surface area is 395 Å².